The van der Waals surface area contributed by atoms with Crippen molar-refractivity contribution in [1.82, 2.24) is 9.97 Å². The van der Waals surface area contributed by atoms with Crippen LogP contribution in [0.25, 0.3) is 22.3 Å². The summed E-state index contributed by atoms with van der Waals surface area (Å²) >= 11 is 5.86. The van der Waals surface area contributed by atoms with Gasteiger partial charge in [0.2, 0.25) is 0 Å². The maximum absolute atomic E-state index is 5.95. The Bertz CT molecular complexity index is 708. The molecular weight excluding hydrogens is 246 g/mol. The summed E-state index contributed by atoms with van der Waals surface area (Å²) < 4.78 is 0. The van der Waals surface area contributed by atoms with Crippen LogP contribution in [-0.2, 0) is 0 Å². The van der Waals surface area contributed by atoms with Gasteiger partial charge in [0.05, 0.1) is 5.52 Å². The fourth-order valence-electron chi connectivity index (χ4n) is 1.83. The number of para-hydroxylation sites is 1. The lowest BCUT2D eigenvalue weighted by Crippen LogP contribution is -1.97. The average Bonchev–Trinajstić information content (AvgIpc) is 2.39. The number of nitrogens with zero attached hydrogens (tertiary/aromatic N) is 2. The third kappa shape index (κ3) is 1.89. The van der Waals surface area contributed by atoms with Gasteiger partial charge >= 0.3 is 0 Å². The number of benzene rings is 2. The Balaban J connectivity index is 2.21. The van der Waals surface area contributed by atoms with E-state index in [4.69, 9.17) is 17.3 Å². The number of nitrogens with two attached hydrogens (primary N) is 1. The predicted octanol–water partition coefficient (Wildman–Crippen LogP) is 3.53. The minimum atomic E-state index is 0.491. The zero-order valence-electron chi connectivity index (χ0n) is 9.47. The molecule has 4 heteroatoms. The number of rotatable bonds is 1. The maximum atomic E-state index is 5.95. The smallest absolute Gasteiger partial charge is 0.162 e. The number of halogens is 1. The van der Waals surface area contributed by atoms with Gasteiger partial charge in [0.1, 0.15) is 5.82 Å². The van der Waals surface area contributed by atoms with Crippen molar-refractivity contribution < 1.29 is 0 Å². The zero-order chi connectivity index (χ0) is 12.5. The van der Waals surface area contributed by atoms with Gasteiger partial charge < -0.3 is 5.73 Å². The Morgan fingerprint density at radius 3 is 2.39 bits per heavy atom. The predicted molar refractivity (Wildman–Crippen MR) is 74.4 cm³/mol. The van der Waals surface area contributed by atoms with Crippen LogP contribution in [0.2, 0.25) is 5.02 Å². The molecule has 88 valence electrons. The normalized spacial score (nSPS) is 10.7. The molecular formula is C14H10ClN3. The van der Waals surface area contributed by atoms with E-state index in [9.17, 15) is 0 Å². The molecule has 0 radical (unpaired) electrons. The van der Waals surface area contributed by atoms with Crippen molar-refractivity contribution in [2.24, 2.45) is 0 Å². The molecule has 3 rings (SSSR count). The Hall–Kier alpha value is -2.13. The second-order valence-corrected chi connectivity index (χ2v) is 4.39. The summed E-state index contributed by atoms with van der Waals surface area (Å²) in [5.41, 5.74) is 7.69. The molecule has 3 aromatic rings. The number of nitrogen functional groups attached to an aromatic ring is 1. The molecule has 2 aromatic carbocycles. The van der Waals surface area contributed by atoms with Gasteiger partial charge in [-0.2, -0.15) is 0 Å². The molecule has 0 saturated carbocycles. The first-order valence-electron chi connectivity index (χ1n) is 5.52. The van der Waals surface area contributed by atoms with Gasteiger partial charge in [-0.15, -0.1) is 0 Å². The van der Waals surface area contributed by atoms with E-state index < -0.39 is 0 Å². The largest absolute Gasteiger partial charge is 0.383 e. The topological polar surface area (TPSA) is 51.8 Å². The molecule has 0 aliphatic heterocycles. The van der Waals surface area contributed by atoms with E-state index in [1.54, 1.807) is 0 Å². The van der Waals surface area contributed by atoms with E-state index in [1.807, 2.05) is 48.5 Å². The van der Waals surface area contributed by atoms with Gasteiger partial charge in [-0.25, -0.2) is 9.97 Å². The lowest BCUT2D eigenvalue weighted by molar-refractivity contribution is 1.23. The van der Waals surface area contributed by atoms with Gasteiger partial charge in [0, 0.05) is 16.0 Å². The van der Waals surface area contributed by atoms with Crippen molar-refractivity contribution in [1.29, 1.82) is 0 Å². The van der Waals surface area contributed by atoms with Crippen LogP contribution in [0.5, 0.6) is 0 Å². The minimum Gasteiger partial charge on any atom is -0.383 e. The van der Waals surface area contributed by atoms with Crippen LogP contribution in [0.3, 0.4) is 0 Å². The second-order valence-electron chi connectivity index (χ2n) is 3.96. The van der Waals surface area contributed by atoms with Gasteiger partial charge in [-0.05, 0) is 36.4 Å². The Morgan fingerprint density at radius 1 is 0.889 bits per heavy atom. The minimum absolute atomic E-state index is 0.491. The molecule has 0 atom stereocenters. The second kappa shape index (κ2) is 4.27. The van der Waals surface area contributed by atoms with Crippen molar-refractivity contribution in [3.05, 3.63) is 53.6 Å². The summed E-state index contributed by atoms with van der Waals surface area (Å²) in [5, 5.41) is 1.56. The molecule has 0 amide bonds. The number of hydrogen-bond donors (Lipinski definition) is 1. The SMILES string of the molecule is Nc1nc(-c2ccc(Cl)cc2)nc2ccccc12. The van der Waals surface area contributed by atoms with Crippen molar-refractivity contribution in [2.45, 2.75) is 0 Å². The molecule has 0 aliphatic rings. The van der Waals surface area contributed by atoms with E-state index in [0.29, 0.717) is 16.7 Å². The third-order valence-electron chi connectivity index (χ3n) is 2.74. The summed E-state index contributed by atoms with van der Waals surface area (Å²) in [4.78, 5) is 8.83. The standard InChI is InChI=1S/C14H10ClN3/c15-10-7-5-9(6-8-10)14-17-12-4-2-1-3-11(12)13(16)18-14/h1-8H,(H2,16,17,18). The van der Waals surface area contributed by atoms with Crippen molar-refractivity contribution in [3.63, 3.8) is 0 Å². The first-order valence-corrected chi connectivity index (χ1v) is 5.90. The third-order valence-corrected chi connectivity index (χ3v) is 2.99. The Morgan fingerprint density at radius 2 is 1.61 bits per heavy atom. The molecule has 0 saturated heterocycles. The highest BCUT2D eigenvalue weighted by Gasteiger charge is 2.06. The average molecular weight is 256 g/mol. The highest BCUT2D eigenvalue weighted by atomic mass is 35.5. The van der Waals surface area contributed by atoms with E-state index in [0.717, 1.165) is 16.5 Å². The van der Waals surface area contributed by atoms with Crippen LogP contribution < -0.4 is 5.73 Å². The van der Waals surface area contributed by atoms with Crippen LogP contribution in [0.4, 0.5) is 5.82 Å². The number of hydrogen-bond acceptors (Lipinski definition) is 3. The summed E-state index contributed by atoms with van der Waals surface area (Å²) in [6.07, 6.45) is 0. The molecule has 3 nitrogen and oxygen atoms in total. The fourth-order valence-corrected chi connectivity index (χ4v) is 1.96. The zero-order valence-corrected chi connectivity index (χ0v) is 10.2. The van der Waals surface area contributed by atoms with Crippen LogP contribution >= 0.6 is 11.6 Å². The maximum Gasteiger partial charge on any atom is 0.162 e. The van der Waals surface area contributed by atoms with Crippen molar-refractivity contribution in [3.8, 4) is 11.4 Å². The summed E-state index contributed by atoms with van der Waals surface area (Å²) in [6.45, 7) is 0. The van der Waals surface area contributed by atoms with E-state index in [-0.39, 0.29) is 0 Å². The van der Waals surface area contributed by atoms with Crippen molar-refractivity contribution >= 4 is 28.3 Å². The van der Waals surface area contributed by atoms with Gasteiger partial charge in [-0.1, -0.05) is 23.7 Å². The summed E-state index contributed by atoms with van der Waals surface area (Å²) in [7, 11) is 0. The lowest BCUT2D eigenvalue weighted by atomic mass is 10.2. The molecule has 0 spiro atoms. The number of aromatic nitrogens is 2. The first kappa shape index (κ1) is 11.0. The molecule has 1 aromatic heterocycles. The molecule has 0 fully saturated rings. The van der Waals surface area contributed by atoms with Crippen LogP contribution in [-0.4, -0.2) is 9.97 Å². The Labute approximate surface area is 109 Å². The molecule has 1 heterocycles. The summed E-state index contributed by atoms with van der Waals surface area (Å²) in [5.74, 6) is 1.11. The van der Waals surface area contributed by atoms with Gasteiger partial charge in [0.25, 0.3) is 0 Å². The van der Waals surface area contributed by atoms with Gasteiger partial charge in [0.15, 0.2) is 5.82 Å². The molecule has 0 unspecified atom stereocenters. The highest BCUT2D eigenvalue weighted by molar-refractivity contribution is 6.30. The highest BCUT2D eigenvalue weighted by Crippen LogP contribution is 2.23. The van der Waals surface area contributed by atoms with E-state index in [2.05, 4.69) is 9.97 Å². The molecule has 0 bridgehead atoms. The first-order chi connectivity index (χ1) is 8.74. The number of anilines is 1. The van der Waals surface area contributed by atoms with E-state index in [1.165, 1.54) is 0 Å². The van der Waals surface area contributed by atoms with Crippen LogP contribution in [0, 0.1) is 0 Å². The molecule has 18 heavy (non-hydrogen) atoms. The quantitative estimate of drug-likeness (QED) is 0.724. The van der Waals surface area contributed by atoms with Crippen molar-refractivity contribution in [2.75, 3.05) is 5.73 Å². The van der Waals surface area contributed by atoms with Crippen LogP contribution in [0.15, 0.2) is 48.5 Å². The van der Waals surface area contributed by atoms with E-state index >= 15 is 0 Å². The molecule has 0 aliphatic carbocycles. The summed E-state index contributed by atoms with van der Waals surface area (Å²) in [6, 6.07) is 15.1. The lowest BCUT2D eigenvalue weighted by Gasteiger charge is -2.05. The van der Waals surface area contributed by atoms with Crippen LogP contribution in [0.1, 0.15) is 0 Å². The monoisotopic (exact) mass is 255 g/mol. The fraction of sp³-hybridized carbons (Fsp3) is 0. The Kier molecular flexibility index (Phi) is 2.61. The number of fused-ring (bicyclic) bond motifs is 1. The van der Waals surface area contributed by atoms with Gasteiger partial charge in [-0.3, -0.25) is 0 Å². The molecule has 2 N–H and O–H groups in total.